The van der Waals surface area contributed by atoms with Crippen molar-refractivity contribution in [2.75, 3.05) is 16.8 Å². The predicted molar refractivity (Wildman–Crippen MR) is 126 cm³/mol. The summed E-state index contributed by atoms with van der Waals surface area (Å²) in [4.78, 5) is 14.0. The minimum Gasteiger partial charge on any atom is -0.360 e. The maximum absolute atomic E-state index is 12.1. The number of thiocarbonyl (C=S) groups is 1. The molecule has 5 heteroatoms. The Labute approximate surface area is 179 Å². The molecular formula is C24H31N3OS. The Bertz CT molecular complexity index is 879. The topological polar surface area (TPSA) is 44.4 Å². The normalized spacial score (nSPS) is 15.3. The van der Waals surface area contributed by atoms with Crippen LogP contribution in [0, 0.1) is 6.92 Å². The van der Waals surface area contributed by atoms with Crippen molar-refractivity contribution in [3.8, 4) is 0 Å². The zero-order valence-corrected chi connectivity index (χ0v) is 18.6. The van der Waals surface area contributed by atoms with Crippen LogP contribution in [0.4, 0.5) is 11.4 Å². The third-order valence-corrected chi connectivity index (χ3v) is 5.80. The molecule has 4 nitrogen and oxygen atoms in total. The lowest BCUT2D eigenvalue weighted by atomic mass is 9.79. The van der Waals surface area contributed by atoms with Gasteiger partial charge in [-0.05, 0) is 67.6 Å². The van der Waals surface area contributed by atoms with E-state index in [4.69, 9.17) is 12.2 Å². The first-order chi connectivity index (χ1) is 13.8. The van der Waals surface area contributed by atoms with E-state index in [1.165, 1.54) is 5.56 Å². The Balaban J connectivity index is 1.61. The molecule has 0 saturated carbocycles. The first kappa shape index (κ1) is 21.3. The van der Waals surface area contributed by atoms with Crippen molar-refractivity contribution in [1.82, 2.24) is 5.32 Å². The highest BCUT2D eigenvalue weighted by atomic mass is 32.1. The van der Waals surface area contributed by atoms with E-state index in [1.807, 2.05) is 36.1 Å². The van der Waals surface area contributed by atoms with Gasteiger partial charge in [0, 0.05) is 30.4 Å². The molecule has 1 saturated heterocycles. The number of hydrogen-bond donors (Lipinski definition) is 2. The Morgan fingerprint density at radius 1 is 1.21 bits per heavy atom. The fourth-order valence-corrected chi connectivity index (χ4v) is 4.41. The summed E-state index contributed by atoms with van der Waals surface area (Å²) < 4.78 is 0. The molecule has 1 unspecified atom stereocenters. The fraction of sp³-hybridized carbons (Fsp3) is 0.417. The SMILES string of the molecule is Cc1ccc(NC(=S)NC(C)CC(C)(C)c2ccccc2)cc1N1CCCC1=O. The summed E-state index contributed by atoms with van der Waals surface area (Å²) in [6.45, 7) is 9.50. The van der Waals surface area contributed by atoms with Gasteiger partial charge in [0.15, 0.2) is 5.11 Å². The second kappa shape index (κ2) is 8.95. The third-order valence-electron chi connectivity index (χ3n) is 5.58. The molecule has 0 aromatic heterocycles. The van der Waals surface area contributed by atoms with Crippen molar-refractivity contribution in [1.29, 1.82) is 0 Å². The second-order valence-electron chi connectivity index (χ2n) is 8.60. The van der Waals surface area contributed by atoms with Crippen molar-refractivity contribution < 1.29 is 4.79 Å². The Hall–Kier alpha value is -2.40. The molecule has 0 spiro atoms. The third kappa shape index (κ3) is 5.36. The Morgan fingerprint density at radius 2 is 1.93 bits per heavy atom. The molecule has 1 amide bonds. The first-order valence-corrected chi connectivity index (χ1v) is 10.7. The summed E-state index contributed by atoms with van der Waals surface area (Å²) >= 11 is 5.55. The van der Waals surface area contributed by atoms with Gasteiger partial charge in [-0.15, -0.1) is 0 Å². The quantitative estimate of drug-likeness (QED) is 0.647. The van der Waals surface area contributed by atoms with Gasteiger partial charge in [-0.2, -0.15) is 0 Å². The lowest BCUT2D eigenvalue weighted by Crippen LogP contribution is -2.39. The molecular weight excluding hydrogens is 378 g/mol. The molecule has 2 aromatic carbocycles. The van der Waals surface area contributed by atoms with Crippen LogP contribution >= 0.6 is 12.2 Å². The van der Waals surface area contributed by atoms with Gasteiger partial charge in [-0.25, -0.2) is 0 Å². The molecule has 1 atom stereocenters. The van der Waals surface area contributed by atoms with Gasteiger partial charge in [0.25, 0.3) is 0 Å². The lowest BCUT2D eigenvalue weighted by molar-refractivity contribution is -0.117. The van der Waals surface area contributed by atoms with Crippen LogP contribution in [0.1, 0.15) is 51.2 Å². The lowest BCUT2D eigenvalue weighted by Gasteiger charge is -2.30. The Kier molecular flexibility index (Phi) is 6.58. The van der Waals surface area contributed by atoms with Gasteiger partial charge in [0.2, 0.25) is 5.91 Å². The number of anilines is 2. The number of amides is 1. The molecule has 1 heterocycles. The van der Waals surface area contributed by atoms with Crippen LogP contribution in [-0.2, 0) is 10.2 Å². The van der Waals surface area contributed by atoms with E-state index in [0.29, 0.717) is 11.5 Å². The standard InChI is InChI=1S/C24H31N3OS/c1-17-12-13-20(15-21(17)27-14-8-11-22(27)28)26-23(29)25-18(2)16-24(3,4)19-9-6-5-7-10-19/h5-7,9-10,12-13,15,18H,8,11,14,16H2,1-4H3,(H2,25,26,29). The van der Waals surface area contributed by atoms with Gasteiger partial charge in [0.1, 0.15) is 0 Å². The zero-order chi connectivity index (χ0) is 21.0. The zero-order valence-electron chi connectivity index (χ0n) is 17.8. The highest BCUT2D eigenvalue weighted by Crippen LogP contribution is 2.29. The average Bonchev–Trinajstić information content (AvgIpc) is 3.09. The highest BCUT2D eigenvalue weighted by molar-refractivity contribution is 7.80. The average molecular weight is 410 g/mol. The van der Waals surface area contributed by atoms with Gasteiger partial charge in [-0.1, -0.05) is 50.2 Å². The van der Waals surface area contributed by atoms with Gasteiger partial charge in [0.05, 0.1) is 0 Å². The number of hydrogen-bond acceptors (Lipinski definition) is 2. The van der Waals surface area contributed by atoms with Crippen LogP contribution in [-0.4, -0.2) is 23.6 Å². The van der Waals surface area contributed by atoms with E-state index in [-0.39, 0.29) is 17.4 Å². The van der Waals surface area contributed by atoms with E-state index in [2.05, 4.69) is 55.7 Å². The molecule has 3 rings (SSSR count). The number of nitrogens with zero attached hydrogens (tertiary/aromatic N) is 1. The van der Waals surface area contributed by atoms with E-state index < -0.39 is 0 Å². The minimum absolute atomic E-state index is 0.0520. The second-order valence-corrected chi connectivity index (χ2v) is 9.01. The summed E-state index contributed by atoms with van der Waals surface area (Å²) in [6, 6.07) is 16.8. The molecule has 1 aliphatic heterocycles. The van der Waals surface area contributed by atoms with Crippen LogP contribution < -0.4 is 15.5 Å². The van der Waals surface area contributed by atoms with E-state index in [9.17, 15) is 4.79 Å². The van der Waals surface area contributed by atoms with Crippen LogP contribution in [0.15, 0.2) is 48.5 Å². The van der Waals surface area contributed by atoms with Gasteiger partial charge < -0.3 is 15.5 Å². The van der Waals surface area contributed by atoms with Crippen molar-refractivity contribution in [2.24, 2.45) is 0 Å². The van der Waals surface area contributed by atoms with E-state index in [1.54, 1.807) is 0 Å². The molecule has 1 fully saturated rings. The van der Waals surface area contributed by atoms with Crippen molar-refractivity contribution in [2.45, 2.75) is 58.4 Å². The predicted octanol–water partition coefficient (Wildman–Crippen LogP) is 5.16. The monoisotopic (exact) mass is 409 g/mol. The van der Waals surface area contributed by atoms with Crippen molar-refractivity contribution in [3.05, 3.63) is 59.7 Å². The van der Waals surface area contributed by atoms with E-state index in [0.717, 1.165) is 36.3 Å². The number of nitrogens with one attached hydrogen (secondary N) is 2. The summed E-state index contributed by atoms with van der Waals surface area (Å²) in [7, 11) is 0. The maximum Gasteiger partial charge on any atom is 0.227 e. The summed E-state index contributed by atoms with van der Waals surface area (Å²) in [5.41, 5.74) is 4.35. The maximum atomic E-state index is 12.1. The number of carbonyl (C=O) groups is 1. The largest absolute Gasteiger partial charge is 0.360 e. The van der Waals surface area contributed by atoms with Crippen LogP contribution in [0.25, 0.3) is 0 Å². The Morgan fingerprint density at radius 3 is 2.59 bits per heavy atom. The molecule has 0 aliphatic carbocycles. The number of rotatable bonds is 6. The van der Waals surface area contributed by atoms with Crippen LogP contribution in [0.3, 0.4) is 0 Å². The summed E-state index contributed by atoms with van der Waals surface area (Å²) in [5.74, 6) is 0.197. The van der Waals surface area contributed by atoms with E-state index >= 15 is 0 Å². The minimum atomic E-state index is 0.0520. The smallest absolute Gasteiger partial charge is 0.227 e. The van der Waals surface area contributed by atoms with Gasteiger partial charge in [-0.3, -0.25) is 4.79 Å². The molecule has 0 bridgehead atoms. The van der Waals surface area contributed by atoms with Crippen molar-refractivity contribution in [3.63, 3.8) is 0 Å². The number of benzene rings is 2. The molecule has 29 heavy (non-hydrogen) atoms. The fourth-order valence-electron chi connectivity index (χ4n) is 4.10. The first-order valence-electron chi connectivity index (χ1n) is 10.3. The molecule has 2 aromatic rings. The highest BCUT2D eigenvalue weighted by Gasteiger charge is 2.24. The molecule has 1 aliphatic rings. The van der Waals surface area contributed by atoms with Crippen LogP contribution in [0.2, 0.25) is 0 Å². The summed E-state index contributed by atoms with van der Waals surface area (Å²) in [6.07, 6.45) is 2.51. The number of carbonyl (C=O) groups excluding carboxylic acids is 1. The van der Waals surface area contributed by atoms with Crippen molar-refractivity contribution >= 4 is 34.6 Å². The van der Waals surface area contributed by atoms with Gasteiger partial charge >= 0.3 is 0 Å². The molecule has 0 radical (unpaired) electrons. The molecule has 154 valence electrons. The summed E-state index contributed by atoms with van der Waals surface area (Å²) in [5, 5.41) is 7.29. The molecule has 2 N–H and O–H groups in total. The number of aryl methyl sites for hydroxylation is 1. The van der Waals surface area contributed by atoms with Crippen LogP contribution in [0.5, 0.6) is 0 Å².